The molecule has 0 aliphatic heterocycles. The molecule has 0 saturated heterocycles. The lowest BCUT2D eigenvalue weighted by Crippen LogP contribution is -2.13. The number of methoxy groups -OCH3 is 1. The summed E-state index contributed by atoms with van der Waals surface area (Å²) >= 11 is 1.38. The lowest BCUT2D eigenvalue weighted by atomic mass is 10.1. The molecule has 140 valence electrons. The number of carbonyl (C=O) groups is 2. The molecule has 0 radical (unpaired) electrons. The van der Waals surface area contributed by atoms with E-state index in [4.69, 9.17) is 9.47 Å². The Bertz CT molecular complexity index is 950. The van der Waals surface area contributed by atoms with Gasteiger partial charge >= 0.3 is 0 Å². The SMILES string of the molecule is CCOc1ccc2nc(NC(=O)CCC(=O)c3ccc(OC)cc3)sc2c1. The van der Waals surface area contributed by atoms with Gasteiger partial charge in [-0.05, 0) is 49.4 Å². The molecule has 7 heteroatoms. The maximum absolute atomic E-state index is 12.2. The van der Waals surface area contributed by atoms with E-state index in [1.807, 2.05) is 25.1 Å². The largest absolute Gasteiger partial charge is 0.497 e. The number of hydrogen-bond donors (Lipinski definition) is 1. The molecule has 3 aromatic rings. The van der Waals surface area contributed by atoms with Gasteiger partial charge in [-0.2, -0.15) is 0 Å². The third-order valence-corrected chi connectivity index (χ3v) is 4.84. The first-order valence-electron chi connectivity index (χ1n) is 8.59. The second-order valence-corrected chi connectivity index (χ2v) is 6.81. The van der Waals surface area contributed by atoms with Crippen LogP contribution in [-0.4, -0.2) is 30.4 Å². The Kier molecular flexibility index (Phi) is 6.03. The fraction of sp³-hybridized carbons (Fsp3) is 0.250. The number of carbonyl (C=O) groups excluding carboxylic acids is 2. The zero-order valence-electron chi connectivity index (χ0n) is 15.2. The third kappa shape index (κ3) is 4.83. The van der Waals surface area contributed by atoms with E-state index >= 15 is 0 Å². The Morgan fingerprint density at radius 2 is 1.81 bits per heavy atom. The number of aromatic nitrogens is 1. The monoisotopic (exact) mass is 384 g/mol. The number of Topliss-reactive ketones (excluding diaryl/α,β-unsaturated/α-hetero) is 1. The first kappa shape index (κ1) is 18.8. The topological polar surface area (TPSA) is 77.5 Å². The van der Waals surface area contributed by atoms with E-state index in [2.05, 4.69) is 10.3 Å². The minimum absolute atomic E-state index is 0.0848. The summed E-state index contributed by atoms with van der Waals surface area (Å²) in [7, 11) is 1.57. The van der Waals surface area contributed by atoms with Gasteiger partial charge in [-0.3, -0.25) is 9.59 Å². The number of ether oxygens (including phenoxy) is 2. The van der Waals surface area contributed by atoms with Crippen molar-refractivity contribution in [2.45, 2.75) is 19.8 Å². The maximum atomic E-state index is 12.2. The molecule has 6 nitrogen and oxygen atoms in total. The predicted octanol–water partition coefficient (Wildman–Crippen LogP) is 4.31. The molecule has 3 rings (SSSR count). The van der Waals surface area contributed by atoms with Crippen LogP contribution < -0.4 is 14.8 Å². The molecule has 2 aromatic carbocycles. The molecule has 0 aliphatic carbocycles. The summed E-state index contributed by atoms with van der Waals surface area (Å²) < 4.78 is 11.5. The number of nitrogens with zero attached hydrogens (tertiary/aromatic N) is 1. The summed E-state index contributed by atoms with van der Waals surface area (Å²) in [5.41, 5.74) is 1.36. The maximum Gasteiger partial charge on any atom is 0.226 e. The van der Waals surface area contributed by atoms with Gasteiger partial charge in [0.1, 0.15) is 11.5 Å². The van der Waals surface area contributed by atoms with E-state index in [1.165, 1.54) is 11.3 Å². The Hall–Kier alpha value is -2.93. The predicted molar refractivity (Wildman–Crippen MR) is 106 cm³/mol. The number of benzene rings is 2. The van der Waals surface area contributed by atoms with Crippen LogP contribution in [0, 0.1) is 0 Å². The van der Waals surface area contributed by atoms with Crippen LogP contribution in [0.1, 0.15) is 30.1 Å². The van der Waals surface area contributed by atoms with E-state index in [0.717, 1.165) is 16.0 Å². The van der Waals surface area contributed by atoms with Gasteiger partial charge in [0.2, 0.25) is 5.91 Å². The summed E-state index contributed by atoms with van der Waals surface area (Å²) in [5, 5.41) is 3.28. The summed E-state index contributed by atoms with van der Waals surface area (Å²) in [6.45, 7) is 2.52. The molecule has 1 heterocycles. The number of thiazole rings is 1. The highest BCUT2D eigenvalue weighted by Gasteiger charge is 2.12. The van der Waals surface area contributed by atoms with E-state index in [-0.39, 0.29) is 24.5 Å². The summed E-state index contributed by atoms with van der Waals surface area (Å²) in [4.78, 5) is 28.7. The van der Waals surface area contributed by atoms with Crippen molar-refractivity contribution >= 4 is 38.4 Å². The Balaban J connectivity index is 1.56. The van der Waals surface area contributed by atoms with Crippen molar-refractivity contribution in [1.82, 2.24) is 4.98 Å². The quantitative estimate of drug-likeness (QED) is 0.586. The lowest BCUT2D eigenvalue weighted by Gasteiger charge is -2.03. The van der Waals surface area contributed by atoms with Crippen molar-refractivity contribution in [1.29, 1.82) is 0 Å². The van der Waals surface area contributed by atoms with Crippen LogP contribution in [0.2, 0.25) is 0 Å². The highest BCUT2D eigenvalue weighted by molar-refractivity contribution is 7.22. The number of amides is 1. The van der Waals surface area contributed by atoms with Crippen molar-refractivity contribution in [3.05, 3.63) is 48.0 Å². The molecule has 27 heavy (non-hydrogen) atoms. The molecule has 0 aliphatic rings. The molecule has 0 bridgehead atoms. The molecule has 1 N–H and O–H groups in total. The van der Waals surface area contributed by atoms with Gasteiger partial charge in [0.15, 0.2) is 10.9 Å². The number of rotatable bonds is 8. The van der Waals surface area contributed by atoms with Gasteiger partial charge in [-0.25, -0.2) is 4.98 Å². The van der Waals surface area contributed by atoms with E-state index in [0.29, 0.717) is 23.1 Å². The molecule has 0 unspecified atom stereocenters. The second-order valence-electron chi connectivity index (χ2n) is 5.78. The first-order valence-corrected chi connectivity index (χ1v) is 9.41. The molecule has 0 atom stereocenters. The smallest absolute Gasteiger partial charge is 0.226 e. The minimum Gasteiger partial charge on any atom is -0.497 e. The Morgan fingerprint density at radius 3 is 2.52 bits per heavy atom. The molecule has 1 aromatic heterocycles. The van der Waals surface area contributed by atoms with Crippen LogP contribution >= 0.6 is 11.3 Å². The van der Waals surface area contributed by atoms with Crippen molar-refractivity contribution < 1.29 is 19.1 Å². The molecule has 0 saturated carbocycles. The van der Waals surface area contributed by atoms with Gasteiger partial charge in [0, 0.05) is 18.4 Å². The van der Waals surface area contributed by atoms with Gasteiger partial charge in [-0.15, -0.1) is 0 Å². The second kappa shape index (κ2) is 8.64. The summed E-state index contributed by atoms with van der Waals surface area (Å²) in [6, 6.07) is 12.5. The van der Waals surface area contributed by atoms with Gasteiger partial charge in [0.25, 0.3) is 0 Å². The van der Waals surface area contributed by atoms with E-state index in [9.17, 15) is 9.59 Å². The average molecular weight is 384 g/mol. The van der Waals surface area contributed by atoms with Gasteiger partial charge in [-0.1, -0.05) is 11.3 Å². The number of anilines is 1. The number of ketones is 1. The van der Waals surface area contributed by atoms with Crippen LogP contribution in [0.5, 0.6) is 11.5 Å². The molecular formula is C20H20N2O4S. The zero-order valence-corrected chi connectivity index (χ0v) is 16.0. The van der Waals surface area contributed by atoms with Gasteiger partial charge in [0.05, 0.1) is 23.9 Å². The average Bonchev–Trinajstić information content (AvgIpc) is 3.08. The number of nitrogens with one attached hydrogen (secondary N) is 1. The third-order valence-electron chi connectivity index (χ3n) is 3.91. The van der Waals surface area contributed by atoms with Crippen molar-refractivity contribution in [3.8, 4) is 11.5 Å². The van der Waals surface area contributed by atoms with E-state index < -0.39 is 0 Å². The Morgan fingerprint density at radius 1 is 1.07 bits per heavy atom. The number of hydrogen-bond acceptors (Lipinski definition) is 6. The van der Waals surface area contributed by atoms with Crippen LogP contribution in [0.4, 0.5) is 5.13 Å². The normalized spacial score (nSPS) is 10.6. The van der Waals surface area contributed by atoms with E-state index in [1.54, 1.807) is 31.4 Å². The summed E-state index contributed by atoms with van der Waals surface area (Å²) in [6.07, 6.45) is 0.239. The van der Waals surface area contributed by atoms with Crippen LogP contribution in [-0.2, 0) is 4.79 Å². The van der Waals surface area contributed by atoms with Crippen LogP contribution in [0.3, 0.4) is 0 Å². The molecule has 0 fully saturated rings. The van der Waals surface area contributed by atoms with Gasteiger partial charge < -0.3 is 14.8 Å². The molecular weight excluding hydrogens is 364 g/mol. The molecule has 0 spiro atoms. The van der Waals surface area contributed by atoms with Crippen molar-refractivity contribution in [2.75, 3.05) is 19.0 Å². The lowest BCUT2D eigenvalue weighted by molar-refractivity contribution is -0.116. The minimum atomic E-state index is -0.235. The fourth-order valence-corrected chi connectivity index (χ4v) is 3.46. The highest BCUT2D eigenvalue weighted by atomic mass is 32.1. The highest BCUT2D eigenvalue weighted by Crippen LogP contribution is 2.29. The standard InChI is InChI=1S/C20H20N2O4S/c1-3-26-15-8-9-16-18(12-15)27-20(21-16)22-19(24)11-10-17(23)13-4-6-14(25-2)7-5-13/h4-9,12H,3,10-11H2,1-2H3,(H,21,22,24). The first-order chi connectivity index (χ1) is 13.1. The Labute approximate surface area is 161 Å². The van der Waals surface area contributed by atoms with Crippen LogP contribution in [0.25, 0.3) is 10.2 Å². The van der Waals surface area contributed by atoms with Crippen molar-refractivity contribution in [2.24, 2.45) is 0 Å². The molecule has 1 amide bonds. The zero-order chi connectivity index (χ0) is 19.2. The number of fused-ring (bicyclic) bond motifs is 1. The van der Waals surface area contributed by atoms with Crippen LogP contribution in [0.15, 0.2) is 42.5 Å². The van der Waals surface area contributed by atoms with Crippen molar-refractivity contribution in [3.63, 3.8) is 0 Å². The fourth-order valence-electron chi connectivity index (χ4n) is 2.54. The summed E-state index contributed by atoms with van der Waals surface area (Å²) in [5.74, 6) is 1.14.